The maximum absolute atomic E-state index is 12.4. The molecule has 0 aromatic heterocycles. The molecule has 104 valence electrons. The molecule has 1 aromatic rings. The average Bonchev–Trinajstić information content (AvgIpc) is 2.38. The van der Waals surface area contributed by atoms with Crippen LogP contribution in [0.4, 0.5) is 0 Å². The Labute approximate surface area is 115 Å². The standard InChI is InChI=1S/C15H23N3O/c1-12-4-3-5-13(8-12)9-15(19)18-7-6-17(2)11-14(18)10-16/h3-5,8,14H,6-7,9-11,16H2,1-2H3. The monoisotopic (exact) mass is 261 g/mol. The van der Waals surface area contributed by atoms with Gasteiger partial charge in [-0.3, -0.25) is 4.79 Å². The molecule has 1 aromatic carbocycles. The Balaban J connectivity index is 2.02. The lowest BCUT2D eigenvalue weighted by atomic mass is 10.1. The molecule has 2 N–H and O–H groups in total. The molecule has 0 saturated carbocycles. The maximum atomic E-state index is 12.4. The Morgan fingerprint density at radius 3 is 2.89 bits per heavy atom. The third-order valence-electron chi connectivity index (χ3n) is 3.72. The van der Waals surface area contributed by atoms with Gasteiger partial charge in [0.2, 0.25) is 5.91 Å². The van der Waals surface area contributed by atoms with Crippen LogP contribution in [0.2, 0.25) is 0 Å². The number of likely N-dealkylation sites (N-methyl/N-ethyl adjacent to an activating group) is 1. The molecule has 1 aliphatic heterocycles. The van der Waals surface area contributed by atoms with Crippen LogP contribution in [-0.4, -0.2) is 55.0 Å². The van der Waals surface area contributed by atoms with Crippen molar-refractivity contribution in [3.8, 4) is 0 Å². The van der Waals surface area contributed by atoms with E-state index >= 15 is 0 Å². The molecule has 1 unspecified atom stereocenters. The number of piperazine rings is 1. The van der Waals surface area contributed by atoms with Crippen LogP contribution >= 0.6 is 0 Å². The van der Waals surface area contributed by atoms with Gasteiger partial charge in [-0.15, -0.1) is 0 Å². The fourth-order valence-corrected chi connectivity index (χ4v) is 2.64. The van der Waals surface area contributed by atoms with Crippen molar-refractivity contribution in [1.82, 2.24) is 9.80 Å². The van der Waals surface area contributed by atoms with Crippen LogP contribution in [0, 0.1) is 6.92 Å². The number of hydrogen-bond donors (Lipinski definition) is 1. The molecule has 0 spiro atoms. The first-order chi connectivity index (χ1) is 9.10. The predicted molar refractivity (Wildman–Crippen MR) is 76.9 cm³/mol. The number of benzene rings is 1. The van der Waals surface area contributed by atoms with Crippen molar-refractivity contribution < 1.29 is 4.79 Å². The molecule has 1 heterocycles. The van der Waals surface area contributed by atoms with Gasteiger partial charge in [0.25, 0.3) is 0 Å². The summed E-state index contributed by atoms with van der Waals surface area (Å²) in [6, 6.07) is 8.29. The van der Waals surface area contributed by atoms with Crippen LogP contribution in [0.3, 0.4) is 0 Å². The third kappa shape index (κ3) is 3.55. The van der Waals surface area contributed by atoms with Gasteiger partial charge >= 0.3 is 0 Å². The topological polar surface area (TPSA) is 49.6 Å². The molecule has 2 rings (SSSR count). The number of nitrogens with zero attached hydrogens (tertiary/aromatic N) is 2. The second kappa shape index (κ2) is 6.17. The van der Waals surface area contributed by atoms with Gasteiger partial charge in [0.1, 0.15) is 0 Å². The second-order valence-electron chi connectivity index (χ2n) is 5.40. The lowest BCUT2D eigenvalue weighted by molar-refractivity contribution is -0.134. The van der Waals surface area contributed by atoms with Crippen LogP contribution < -0.4 is 5.73 Å². The molecular formula is C15H23N3O. The summed E-state index contributed by atoms with van der Waals surface area (Å²) in [6.45, 7) is 5.16. The lowest BCUT2D eigenvalue weighted by Crippen LogP contribution is -2.57. The quantitative estimate of drug-likeness (QED) is 0.868. The molecule has 0 aliphatic carbocycles. The maximum Gasteiger partial charge on any atom is 0.227 e. The minimum absolute atomic E-state index is 0.149. The highest BCUT2D eigenvalue weighted by molar-refractivity contribution is 5.79. The predicted octanol–water partition coefficient (Wildman–Crippen LogP) is 0.639. The van der Waals surface area contributed by atoms with Crippen molar-refractivity contribution in [3.63, 3.8) is 0 Å². The normalized spacial score (nSPS) is 20.6. The SMILES string of the molecule is Cc1cccc(CC(=O)N2CCN(C)CC2CN)c1. The fourth-order valence-electron chi connectivity index (χ4n) is 2.64. The number of amides is 1. The first kappa shape index (κ1) is 14.0. The zero-order valence-corrected chi connectivity index (χ0v) is 11.8. The molecule has 1 aliphatic rings. The van der Waals surface area contributed by atoms with Gasteiger partial charge in [-0.05, 0) is 19.5 Å². The molecule has 19 heavy (non-hydrogen) atoms. The van der Waals surface area contributed by atoms with Gasteiger partial charge in [0.15, 0.2) is 0 Å². The van der Waals surface area contributed by atoms with Crippen LogP contribution in [0.5, 0.6) is 0 Å². The highest BCUT2D eigenvalue weighted by Crippen LogP contribution is 2.12. The molecule has 1 atom stereocenters. The van der Waals surface area contributed by atoms with Crippen LogP contribution in [0.25, 0.3) is 0 Å². The zero-order chi connectivity index (χ0) is 13.8. The first-order valence-corrected chi connectivity index (χ1v) is 6.84. The van der Waals surface area contributed by atoms with Crippen molar-refractivity contribution in [2.75, 3.05) is 33.2 Å². The number of carbonyl (C=O) groups is 1. The molecule has 4 nitrogen and oxygen atoms in total. The Hall–Kier alpha value is -1.39. The van der Waals surface area contributed by atoms with Crippen molar-refractivity contribution in [1.29, 1.82) is 0 Å². The van der Waals surface area contributed by atoms with Gasteiger partial charge in [0.05, 0.1) is 12.5 Å². The van der Waals surface area contributed by atoms with Crippen LogP contribution in [0.15, 0.2) is 24.3 Å². The molecule has 0 bridgehead atoms. The number of rotatable bonds is 3. The van der Waals surface area contributed by atoms with E-state index in [2.05, 4.69) is 18.0 Å². The molecule has 1 saturated heterocycles. The minimum Gasteiger partial charge on any atom is -0.336 e. The molecule has 4 heteroatoms. The summed E-state index contributed by atoms with van der Waals surface area (Å²) < 4.78 is 0. The highest BCUT2D eigenvalue weighted by Gasteiger charge is 2.27. The summed E-state index contributed by atoms with van der Waals surface area (Å²) in [5.74, 6) is 0.189. The second-order valence-corrected chi connectivity index (χ2v) is 5.40. The summed E-state index contributed by atoms with van der Waals surface area (Å²) in [4.78, 5) is 16.6. The van der Waals surface area contributed by atoms with Gasteiger partial charge < -0.3 is 15.5 Å². The van der Waals surface area contributed by atoms with Crippen molar-refractivity contribution in [2.45, 2.75) is 19.4 Å². The van der Waals surface area contributed by atoms with Gasteiger partial charge in [-0.25, -0.2) is 0 Å². The average molecular weight is 261 g/mol. The summed E-state index contributed by atoms with van der Waals surface area (Å²) in [7, 11) is 2.07. The van der Waals surface area contributed by atoms with Gasteiger partial charge in [0, 0.05) is 26.2 Å². The Bertz CT molecular complexity index is 447. The largest absolute Gasteiger partial charge is 0.336 e. The molecule has 1 amide bonds. The van der Waals surface area contributed by atoms with E-state index < -0.39 is 0 Å². The van der Waals surface area contributed by atoms with Gasteiger partial charge in [-0.1, -0.05) is 29.8 Å². The highest BCUT2D eigenvalue weighted by atomic mass is 16.2. The number of hydrogen-bond acceptors (Lipinski definition) is 3. The smallest absolute Gasteiger partial charge is 0.227 e. The molecular weight excluding hydrogens is 238 g/mol. The van der Waals surface area contributed by atoms with E-state index in [1.807, 2.05) is 30.0 Å². The Morgan fingerprint density at radius 2 is 2.21 bits per heavy atom. The van der Waals surface area contributed by atoms with Crippen molar-refractivity contribution in [2.24, 2.45) is 5.73 Å². The van der Waals surface area contributed by atoms with E-state index in [1.165, 1.54) is 5.56 Å². The van der Waals surface area contributed by atoms with E-state index in [1.54, 1.807) is 0 Å². The fraction of sp³-hybridized carbons (Fsp3) is 0.533. The van der Waals surface area contributed by atoms with Crippen molar-refractivity contribution in [3.05, 3.63) is 35.4 Å². The van der Waals surface area contributed by atoms with Crippen molar-refractivity contribution >= 4 is 5.91 Å². The van der Waals surface area contributed by atoms with Crippen LogP contribution in [-0.2, 0) is 11.2 Å². The van der Waals surface area contributed by atoms with Gasteiger partial charge in [-0.2, -0.15) is 0 Å². The lowest BCUT2D eigenvalue weighted by Gasteiger charge is -2.39. The van der Waals surface area contributed by atoms with Crippen LogP contribution in [0.1, 0.15) is 11.1 Å². The summed E-state index contributed by atoms with van der Waals surface area (Å²) in [5, 5.41) is 0. The Morgan fingerprint density at radius 1 is 1.42 bits per heavy atom. The van der Waals surface area contributed by atoms with E-state index in [0.29, 0.717) is 13.0 Å². The summed E-state index contributed by atoms with van der Waals surface area (Å²) >= 11 is 0. The first-order valence-electron chi connectivity index (χ1n) is 6.84. The number of carbonyl (C=O) groups excluding carboxylic acids is 1. The number of nitrogens with two attached hydrogens (primary N) is 1. The zero-order valence-electron chi connectivity index (χ0n) is 11.8. The summed E-state index contributed by atoms with van der Waals surface area (Å²) in [5.41, 5.74) is 8.07. The summed E-state index contributed by atoms with van der Waals surface area (Å²) in [6.07, 6.45) is 0.474. The van der Waals surface area contributed by atoms with E-state index in [-0.39, 0.29) is 11.9 Å². The molecule has 1 fully saturated rings. The minimum atomic E-state index is 0.149. The van der Waals surface area contributed by atoms with E-state index in [9.17, 15) is 4.79 Å². The van der Waals surface area contributed by atoms with E-state index in [0.717, 1.165) is 25.2 Å². The van der Waals surface area contributed by atoms with E-state index in [4.69, 9.17) is 5.73 Å². The number of aryl methyl sites for hydroxylation is 1. The molecule has 0 radical (unpaired) electrons. The third-order valence-corrected chi connectivity index (χ3v) is 3.72. The Kier molecular flexibility index (Phi) is 4.56.